The molecule has 0 aliphatic carbocycles. The van der Waals surface area contributed by atoms with Crippen molar-refractivity contribution in [1.82, 2.24) is 0 Å². The number of hydrogen-bond donors (Lipinski definition) is 0. The van der Waals surface area contributed by atoms with Crippen LogP contribution in [-0.2, 0) is 4.79 Å². The van der Waals surface area contributed by atoms with Gasteiger partial charge in [-0.3, -0.25) is 4.79 Å². The number of halogens is 2. The highest BCUT2D eigenvalue weighted by Crippen LogP contribution is 2.23. The monoisotopic (exact) mass is 313 g/mol. The van der Waals surface area contributed by atoms with Crippen LogP contribution < -0.4 is 0 Å². The summed E-state index contributed by atoms with van der Waals surface area (Å²) in [6, 6.07) is 0. The van der Waals surface area contributed by atoms with Crippen molar-refractivity contribution in [1.29, 1.82) is 0 Å². The van der Waals surface area contributed by atoms with Crippen molar-refractivity contribution in [2.45, 2.75) is 10.8 Å². The highest BCUT2D eigenvalue weighted by molar-refractivity contribution is 14.1. The van der Waals surface area contributed by atoms with Crippen molar-refractivity contribution < 1.29 is 4.79 Å². The van der Waals surface area contributed by atoms with Gasteiger partial charge >= 0.3 is 0 Å². The maximum absolute atomic E-state index is 10.8. The Labute approximate surface area is 81.1 Å². The highest BCUT2D eigenvalue weighted by atomic mass is 127. The van der Waals surface area contributed by atoms with E-state index in [-0.39, 0.29) is 9.83 Å². The van der Waals surface area contributed by atoms with Gasteiger partial charge in [0.15, 0.2) is 0 Å². The zero-order valence-corrected chi connectivity index (χ0v) is 9.01. The summed E-state index contributed by atoms with van der Waals surface area (Å²) < 4.78 is 0.860. The van der Waals surface area contributed by atoms with Crippen molar-refractivity contribution in [3.8, 4) is 0 Å². The number of nitrogens with zero attached hydrogens (tertiary/aromatic N) is 1. The Kier molecular flexibility index (Phi) is 2.62. The number of aliphatic imine (C=N–C) groups is 1. The van der Waals surface area contributed by atoms with Gasteiger partial charge in [-0.25, -0.2) is 4.99 Å². The molecule has 0 aromatic rings. The molecule has 1 aliphatic heterocycles. The summed E-state index contributed by atoms with van der Waals surface area (Å²) in [6.07, 6.45) is 1.66. The fourth-order valence-corrected chi connectivity index (χ4v) is 1.84. The first kappa shape index (κ1) is 8.39. The number of amides is 1. The minimum absolute atomic E-state index is 0.176. The number of rotatable bonds is 0. The normalized spacial score (nSPS) is 25.9. The SMILES string of the molecule is CC1=C(Br)C(=O)N=CC1I. The van der Waals surface area contributed by atoms with E-state index < -0.39 is 0 Å². The second kappa shape index (κ2) is 3.13. The summed E-state index contributed by atoms with van der Waals surface area (Å²) in [4.78, 5) is 14.5. The zero-order valence-electron chi connectivity index (χ0n) is 5.27. The third-order valence-corrected chi connectivity index (χ3v) is 3.49. The van der Waals surface area contributed by atoms with Gasteiger partial charge in [-0.15, -0.1) is 0 Å². The first-order valence-electron chi connectivity index (χ1n) is 2.72. The number of carbonyl (C=O) groups excluding carboxylic acids is 1. The molecule has 1 amide bonds. The van der Waals surface area contributed by atoms with Gasteiger partial charge in [0.1, 0.15) is 0 Å². The predicted octanol–water partition coefficient (Wildman–Crippen LogP) is 2.07. The van der Waals surface area contributed by atoms with Crippen LogP contribution in [0.15, 0.2) is 15.0 Å². The predicted molar refractivity (Wildman–Crippen MR) is 52.9 cm³/mol. The Morgan fingerprint density at radius 1 is 1.80 bits per heavy atom. The molecule has 0 saturated carbocycles. The smallest absolute Gasteiger partial charge is 0.266 e. The van der Waals surface area contributed by atoms with E-state index in [4.69, 9.17) is 0 Å². The van der Waals surface area contributed by atoms with Crippen LogP contribution in [0.25, 0.3) is 0 Å². The van der Waals surface area contributed by atoms with Gasteiger partial charge < -0.3 is 0 Å². The highest BCUT2D eigenvalue weighted by Gasteiger charge is 2.17. The maximum atomic E-state index is 10.8. The van der Waals surface area contributed by atoms with Crippen molar-refractivity contribution in [2.24, 2.45) is 4.99 Å². The molecule has 0 N–H and O–H groups in total. The van der Waals surface area contributed by atoms with Crippen LogP contribution in [0.4, 0.5) is 0 Å². The molecule has 0 aromatic carbocycles. The van der Waals surface area contributed by atoms with Crippen LogP contribution in [0, 0.1) is 0 Å². The van der Waals surface area contributed by atoms with Gasteiger partial charge in [0.25, 0.3) is 5.91 Å². The van der Waals surface area contributed by atoms with E-state index in [1.807, 2.05) is 6.92 Å². The summed E-state index contributed by atoms with van der Waals surface area (Å²) in [6.45, 7) is 1.92. The van der Waals surface area contributed by atoms with E-state index in [1.165, 1.54) is 0 Å². The molecule has 1 aliphatic rings. The van der Waals surface area contributed by atoms with Gasteiger partial charge in [-0.05, 0) is 28.4 Å². The molecule has 1 atom stereocenters. The Morgan fingerprint density at radius 2 is 2.40 bits per heavy atom. The summed E-state index contributed by atoms with van der Waals surface area (Å²) in [5.74, 6) is -0.176. The van der Waals surface area contributed by atoms with E-state index in [1.54, 1.807) is 6.21 Å². The maximum Gasteiger partial charge on any atom is 0.283 e. The van der Waals surface area contributed by atoms with E-state index in [2.05, 4.69) is 43.5 Å². The minimum atomic E-state index is -0.176. The number of alkyl halides is 1. The lowest BCUT2D eigenvalue weighted by Crippen LogP contribution is -2.12. The molecule has 0 aromatic heterocycles. The van der Waals surface area contributed by atoms with Crippen LogP contribution in [0.2, 0.25) is 0 Å². The molecule has 1 rings (SSSR count). The van der Waals surface area contributed by atoms with Crippen LogP contribution >= 0.6 is 38.5 Å². The molecule has 4 heteroatoms. The van der Waals surface area contributed by atoms with Crippen LogP contribution in [0.1, 0.15) is 6.92 Å². The summed E-state index contributed by atoms with van der Waals surface area (Å²) >= 11 is 5.39. The van der Waals surface area contributed by atoms with E-state index in [9.17, 15) is 4.79 Å². The Hall–Kier alpha value is 0.290. The minimum Gasteiger partial charge on any atom is -0.266 e. The second-order valence-electron chi connectivity index (χ2n) is 1.98. The van der Waals surface area contributed by atoms with Crippen LogP contribution in [0.3, 0.4) is 0 Å². The summed E-state index contributed by atoms with van der Waals surface area (Å²) in [5.41, 5.74) is 1.04. The lowest BCUT2D eigenvalue weighted by molar-refractivity contribution is -0.113. The van der Waals surface area contributed by atoms with Crippen molar-refractivity contribution >= 4 is 50.6 Å². The van der Waals surface area contributed by atoms with E-state index in [0.29, 0.717) is 4.48 Å². The molecule has 10 heavy (non-hydrogen) atoms. The van der Waals surface area contributed by atoms with Crippen molar-refractivity contribution in [3.05, 3.63) is 10.1 Å². The van der Waals surface area contributed by atoms with Gasteiger partial charge in [-0.1, -0.05) is 22.6 Å². The molecule has 1 unspecified atom stereocenters. The number of carbonyl (C=O) groups is 1. The largest absolute Gasteiger partial charge is 0.283 e. The number of allylic oxidation sites excluding steroid dienone is 1. The number of hydrogen-bond acceptors (Lipinski definition) is 1. The Balaban J connectivity index is 3.00. The molecule has 0 spiro atoms. The van der Waals surface area contributed by atoms with Crippen molar-refractivity contribution in [3.63, 3.8) is 0 Å². The summed E-state index contributed by atoms with van der Waals surface area (Å²) in [7, 11) is 0. The molecule has 0 saturated heterocycles. The van der Waals surface area contributed by atoms with Crippen LogP contribution in [-0.4, -0.2) is 16.0 Å². The molecule has 0 bridgehead atoms. The average Bonchev–Trinajstić information content (AvgIpc) is 1.93. The Morgan fingerprint density at radius 3 is 2.90 bits per heavy atom. The number of dihydropyridines is 1. The summed E-state index contributed by atoms with van der Waals surface area (Å²) in [5, 5.41) is 0. The quantitative estimate of drug-likeness (QED) is 0.497. The Bertz CT molecular complexity index is 234. The lowest BCUT2D eigenvalue weighted by atomic mass is 10.2. The van der Waals surface area contributed by atoms with E-state index >= 15 is 0 Å². The van der Waals surface area contributed by atoms with Crippen molar-refractivity contribution in [2.75, 3.05) is 0 Å². The average molecular weight is 314 g/mol. The zero-order chi connectivity index (χ0) is 7.72. The fraction of sp³-hybridized carbons (Fsp3) is 0.333. The third-order valence-electron chi connectivity index (χ3n) is 1.27. The third kappa shape index (κ3) is 1.47. The molecule has 54 valence electrons. The fourth-order valence-electron chi connectivity index (χ4n) is 0.591. The molecular formula is C6H5BrINO. The molecule has 0 fully saturated rings. The molecule has 2 nitrogen and oxygen atoms in total. The molecular weight excluding hydrogens is 309 g/mol. The lowest BCUT2D eigenvalue weighted by Gasteiger charge is -2.10. The first-order chi connectivity index (χ1) is 4.63. The molecule has 1 heterocycles. The standard InChI is InChI=1S/C6H5BrINO/c1-3-4(8)2-9-6(10)5(3)7/h2,4H,1H3. The van der Waals surface area contributed by atoms with Gasteiger partial charge in [0.2, 0.25) is 0 Å². The van der Waals surface area contributed by atoms with Gasteiger partial charge in [-0.2, -0.15) is 0 Å². The van der Waals surface area contributed by atoms with Crippen LogP contribution in [0.5, 0.6) is 0 Å². The van der Waals surface area contributed by atoms with E-state index in [0.717, 1.165) is 5.57 Å². The first-order valence-corrected chi connectivity index (χ1v) is 4.75. The molecule has 0 radical (unpaired) electrons. The van der Waals surface area contributed by atoms with Gasteiger partial charge in [0, 0.05) is 6.21 Å². The topological polar surface area (TPSA) is 29.4 Å². The second-order valence-corrected chi connectivity index (χ2v) is 4.12. The van der Waals surface area contributed by atoms with Gasteiger partial charge in [0.05, 0.1) is 8.41 Å².